The molecule has 1 saturated heterocycles. The molecule has 0 radical (unpaired) electrons. The molecule has 1 aromatic rings. The predicted octanol–water partition coefficient (Wildman–Crippen LogP) is 1.56. The van der Waals surface area contributed by atoms with Crippen LogP contribution in [0.15, 0.2) is 18.2 Å². The van der Waals surface area contributed by atoms with Crippen molar-refractivity contribution in [1.82, 2.24) is 4.90 Å². The van der Waals surface area contributed by atoms with Gasteiger partial charge in [0.05, 0.1) is 12.6 Å². The van der Waals surface area contributed by atoms with E-state index in [1.807, 2.05) is 19.1 Å². The molecule has 1 aliphatic rings. The molecule has 0 saturated carbocycles. The first-order chi connectivity index (χ1) is 8.61. The van der Waals surface area contributed by atoms with E-state index in [9.17, 15) is 9.90 Å². The predicted molar refractivity (Wildman–Crippen MR) is 71.4 cm³/mol. The SMILES string of the molecule is Cc1cc(N)cc(C(=O)N2CCCCC2CO)c1. The van der Waals surface area contributed by atoms with Gasteiger partial charge in [0, 0.05) is 17.8 Å². The minimum absolute atomic E-state index is 0.0239. The van der Waals surface area contributed by atoms with Crippen molar-refractivity contribution in [2.75, 3.05) is 18.9 Å². The summed E-state index contributed by atoms with van der Waals surface area (Å²) in [4.78, 5) is 14.2. The summed E-state index contributed by atoms with van der Waals surface area (Å²) in [5.41, 5.74) is 7.98. The number of nitrogen functional groups attached to an aromatic ring is 1. The minimum Gasteiger partial charge on any atom is -0.399 e. The number of benzene rings is 1. The van der Waals surface area contributed by atoms with Crippen molar-refractivity contribution in [3.05, 3.63) is 29.3 Å². The van der Waals surface area contributed by atoms with E-state index in [4.69, 9.17) is 5.73 Å². The number of aliphatic hydroxyl groups is 1. The molecule has 0 bridgehead atoms. The largest absolute Gasteiger partial charge is 0.399 e. The Morgan fingerprint density at radius 2 is 2.22 bits per heavy atom. The number of likely N-dealkylation sites (tertiary alicyclic amines) is 1. The van der Waals surface area contributed by atoms with Crippen molar-refractivity contribution in [3.8, 4) is 0 Å². The number of piperidine rings is 1. The average molecular weight is 248 g/mol. The van der Waals surface area contributed by atoms with E-state index in [0.29, 0.717) is 11.3 Å². The lowest BCUT2D eigenvalue weighted by Gasteiger charge is -2.34. The van der Waals surface area contributed by atoms with Crippen molar-refractivity contribution in [1.29, 1.82) is 0 Å². The Morgan fingerprint density at radius 1 is 1.44 bits per heavy atom. The van der Waals surface area contributed by atoms with E-state index >= 15 is 0 Å². The molecule has 1 heterocycles. The van der Waals surface area contributed by atoms with E-state index in [-0.39, 0.29) is 18.6 Å². The van der Waals surface area contributed by atoms with Crippen LogP contribution in [0.1, 0.15) is 35.2 Å². The van der Waals surface area contributed by atoms with Crippen LogP contribution in [0.4, 0.5) is 5.69 Å². The lowest BCUT2D eigenvalue weighted by atomic mass is 10.0. The maximum Gasteiger partial charge on any atom is 0.254 e. The summed E-state index contributed by atoms with van der Waals surface area (Å²) in [5.74, 6) is -0.0239. The van der Waals surface area contributed by atoms with Crippen LogP contribution in [0.3, 0.4) is 0 Å². The molecule has 3 N–H and O–H groups in total. The Hall–Kier alpha value is -1.55. The average Bonchev–Trinajstić information content (AvgIpc) is 2.36. The van der Waals surface area contributed by atoms with Crippen LogP contribution >= 0.6 is 0 Å². The molecular weight excluding hydrogens is 228 g/mol. The molecule has 1 fully saturated rings. The maximum absolute atomic E-state index is 12.4. The van der Waals surface area contributed by atoms with Gasteiger partial charge < -0.3 is 15.7 Å². The van der Waals surface area contributed by atoms with Crippen LogP contribution in [-0.4, -0.2) is 35.1 Å². The number of amides is 1. The van der Waals surface area contributed by atoms with Crippen LogP contribution in [0.5, 0.6) is 0 Å². The molecule has 4 nitrogen and oxygen atoms in total. The Labute approximate surface area is 107 Å². The van der Waals surface area contributed by atoms with Crippen LogP contribution in [0.25, 0.3) is 0 Å². The molecular formula is C14H20N2O2. The fourth-order valence-corrected chi connectivity index (χ4v) is 2.56. The van der Waals surface area contributed by atoms with Crippen molar-refractivity contribution in [2.45, 2.75) is 32.2 Å². The maximum atomic E-state index is 12.4. The number of hydrogen-bond acceptors (Lipinski definition) is 3. The second kappa shape index (κ2) is 5.40. The summed E-state index contributed by atoms with van der Waals surface area (Å²) in [6.45, 7) is 2.68. The third-order valence-corrected chi connectivity index (χ3v) is 3.45. The third-order valence-electron chi connectivity index (χ3n) is 3.45. The second-order valence-electron chi connectivity index (χ2n) is 4.96. The van der Waals surface area contributed by atoms with Crippen molar-refractivity contribution in [3.63, 3.8) is 0 Å². The van der Waals surface area contributed by atoms with Gasteiger partial charge in [-0.3, -0.25) is 4.79 Å². The zero-order chi connectivity index (χ0) is 13.1. The first kappa shape index (κ1) is 12.9. The number of carbonyl (C=O) groups is 1. The highest BCUT2D eigenvalue weighted by Gasteiger charge is 2.26. The van der Waals surface area contributed by atoms with E-state index < -0.39 is 0 Å². The molecule has 4 heteroatoms. The number of aliphatic hydroxyl groups excluding tert-OH is 1. The molecule has 0 aliphatic carbocycles. The van der Waals surface area contributed by atoms with E-state index in [2.05, 4.69) is 0 Å². The minimum atomic E-state index is -0.0482. The Balaban J connectivity index is 2.23. The normalized spacial score (nSPS) is 19.9. The summed E-state index contributed by atoms with van der Waals surface area (Å²) in [5, 5.41) is 9.35. The van der Waals surface area contributed by atoms with Gasteiger partial charge in [0.2, 0.25) is 0 Å². The standard InChI is InChI=1S/C14H20N2O2/c1-10-6-11(8-12(15)7-10)14(18)16-5-3-2-4-13(16)9-17/h6-8,13,17H,2-5,9,15H2,1H3. The fraction of sp³-hybridized carbons (Fsp3) is 0.500. The first-order valence-corrected chi connectivity index (χ1v) is 6.41. The van der Waals surface area contributed by atoms with Gasteiger partial charge in [0.25, 0.3) is 5.91 Å². The van der Waals surface area contributed by atoms with E-state index in [0.717, 1.165) is 31.4 Å². The number of nitrogens with zero attached hydrogens (tertiary/aromatic N) is 1. The third kappa shape index (κ3) is 2.64. The van der Waals surface area contributed by atoms with Gasteiger partial charge in [-0.25, -0.2) is 0 Å². The van der Waals surface area contributed by atoms with Crippen LogP contribution in [-0.2, 0) is 0 Å². The lowest BCUT2D eigenvalue weighted by Crippen LogP contribution is -2.45. The van der Waals surface area contributed by atoms with E-state index in [1.54, 1.807) is 11.0 Å². The van der Waals surface area contributed by atoms with Gasteiger partial charge in [-0.05, 0) is 49.9 Å². The van der Waals surface area contributed by atoms with Crippen LogP contribution in [0, 0.1) is 6.92 Å². The van der Waals surface area contributed by atoms with Gasteiger partial charge >= 0.3 is 0 Å². The summed E-state index contributed by atoms with van der Waals surface area (Å²) in [6.07, 6.45) is 2.96. The summed E-state index contributed by atoms with van der Waals surface area (Å²) in [7, 11) is 0. The van der Waals surface area contributed by atoms with Gasteiger partial charge in [0.15, 0.2) is 0 Å². The van der Waals surface area contributed by atoms with Gasteiger partial charge in [-0.2, -0.15) is 0 Å². The molecule has 1 unspecified atom stereocenters. The molecule has 1 atom stereocenters. The summed E-state index contributed by atoms with van der Waals surface area (Å²) >= 11 is 0. The Morgan fingerprint density at radius 3 is 2.89 bits per heavy atom. The topological polar surface area (TPSA) is 66.6 Å². The van der Waals surface area contributed by atoms with Crippen LogP contribution < -0.4 is 5.73 Å². The first-order valence-electron chi connectivity index (χ1n) is 6.41. The quantitative estimate of drug-likeness (QED) is 0.781. The van der Waals surface area contributed by atoms with Gasteiger partial charge in [0.1, 0.15) is 0 Å². The molecule has 0 spiro atoms. The zero-order valence-corrected chi connectivity index (χ0v) is 10.7. The van der Waals surface area contributed by atoms with Crippen LogP contribution in [0.2, 0.25) is 0 Å². The lowest BCUT2D eigenvalue weighted by molar-refractivity contribution is 0.0503. The zero-order valence-electron chi connectivity index (χ0n) is 10.7. The van der Waals surface area contributed by atoms with Crippen molar-refractivity contribution >= 4 is 11.6 Å². The monoisotopic (exact) mass is 248 g/mol. The molecule has 1 aliphatic heterocycles. The number of nitrogens with two attached hydrogens (primary N) is 1. The molecule has 98 valence electrons. The fourth-order valence-electron chi connectivity index (χ4n) is 2.56. The van der Waals surface area contributed by atoms with Gasteiger partial charge in [-0.1, -0.05) is 0 Å². The molecule has 1 aromatic carbocycles. The number of anilines is 1. The second-order valence-corrected chi connectivity index (χ2v) is 4.96. The summed E-state index contributed by atoms with van der Waals surface area (Å²) < 4.78 is 0. The number of hydrogen-bond donors (Lipinski definition) is 2. The Bertz CT molecular complexity index is 425. The van der Waals surface area contributed by atoms with Gasteiger partial charge in [-0.15, -0.1) is 0 Å². The molecule has 18 heavy (non-hydrogen) atoms. The smallest absolute Gasteiger partial charge is 0.254 e. The number of rotatable bonds is 2. The number of aryl methyl sites for hydroxylation is 1. The highest BCUT2D eigenvalue weighted by Crippen LogP contribution is 2.21. The van der Waals surface area contributed by atoms with Crippen molar-refractivity contribution < 1.29 is 9.90 Å². The van der Waals surface area contributed by atoms with E-state index in [1.165, 1.54) is 0 Å². The summed E-state index contributed by atoms with van der Waals surface area (Å²) in [6, 6.07) is 5.35. The van der Waals surface area contributed by atoms with Crippen molar-refractivity contribution in [2.24, 2.45) is 0 Å². The molecule has 2 rings (SSSR count). The molecule has 1 amide bonds. The molecule has 0 aromatic heterocycles. The number of carbonyl (C=O) groups excluding carboxylic acids is 1. The highest BCUT2D eigenvalue weighted by atomic mass is 16.3. The Kier molecular flexibility index (Phi) is 3.87. The highest BCUT2D eigenvalue weighted by molar-refractivity contribution is 5.95.